The molecule has 8 atom stereocenters. The van der Waals surface area contributed by atoms with Crippen LogP contribution in [0, 0.1) is 0 Å². The van der Waals surface area contributed by atoms with Crippen LogP contribution in [0.1, 0.15) is 27.1 Å². The molecule has 2 saturated heterocycles. The third-order valence-electron chi connectivity index (χ3n) is 6.76. The summed E-state index contributed by atoms with van der Waals surface area (Å²) in [6.07, 6.45) is -9.20. The molecular formula is C23H25ClNO7+. The highest BCUT2D eigenvalue weighted by atomic mass is 35.5. The van der Waals surface area contributed by atoms with Crippen LogP contribution in [-0.4, -0.2) is 81.6 Å². The Bertz CT molecular complexity index is 1160. The maximum absolute atomic E-state index is 11.7. The first-order chi connectivity index (χ1) is 16.4. The molecule has 2 aromatic rings. The molecule has 0 saturated carbocycles. The summed E-state index contributed by atoms with van der Waals surface area (Å²) in [4.78, 5) is 11.7. The smallest absolute Gasteiger partial charge is 0.335 e. The van der Waals surface area contributed by atoms with E-state index in [1.165, 1.54) is 0 Å². The number of carboxylic acid groups (broad SMARTS) is 1. The van der Waals surface area contributed by atoms with Gasteiger partial charge in [0.05, 0.1) is 24.2 Å². The normalized spacial score (nSPS) is 39.9. The molecule has 3 aliphatic heterocycles. The van der Waals surface area contributed by atoms with Gasteiger partial charge >= 0.3 is 5.97 Å². The molecule has 170 valence electrons. The van der Waals surface area contributed by atoms with E-state index in [2.05, 4.69) is 0 Å². The molecule has 5 rings (SSSR count). The van der Waals surface area contributed by atoms with Gasteiger partial charge in [0.15, 0.2) is 12.2 Å². The number of aliphatic hydroxyl groups excluding tert-OH is 3. The van der Waals surface area contributed by atoms with E-state index >= 15 is 0 Å². The van der Waals surface area contributed by atoms with Crippen molar-refractivity contribution < 1.29 is 43.3 Å². The fourth-order valence-electron chi connectivity index (χ4n) is 5.24. The lowest BCUT2D eigenvalue weighted by molar-refractivity contribution is -0.952. The van der Waals surface area contributed by atoms with Crippen LogP contribution in [0.25, 0.3) is 0 Å². The number of rotatable bonds is 2. The number of aliphatic carboxylic acids is 1. The Morgan fingerprint density at radius 2 is 1.72 bits per heavy atom. The van der Waals surface area contributed by atoms with Gasteiger partial charge in [0.2, 0.25) is 6.23 Å². The SMILES string of the molecule is [2H][13C]([2H])([2H])[N+]1([C@@H]2O[C@H](C(=O)O)[C@@H](O)[C@H](O)[C@H]2O)C[C@H]2c3ccccc3Oc3ccc(Cl)cc3[C@@H]2C1. The number of hydrogen-bond donors (Lipinski definition) is 4. The van der Waals surface area contributed by atoms with E-state index in [1.54, 1.807) is 30.3 Å². The Morgan fingerprint density at radius 1 is 1.03 bits per heavy atom. The third-order valence-corrected chi connectivity index (χ3v) is 6.99. The van der Waals surface area contributed by atoms with Crippen molar-refractivity contribution in [2.75, 3.05) is 20.1 Å². The monoisotopic (exact) mass is 466 g/mol. The maximum Gasteiger partial charge on any atom is 0.335 e. The fraction of sp³-hybridized carbons (Fsp3) is 0.435. The van der Waals surface area contributed by atoms with E-state index < -0.39 is 59.9 Å². The number of fused-ring (bicyclic) bond motifs is 5. The molecule has 9 heteroatoms. The Morgan fingerprint density at radius 3 is 2.44 bits per heavy atom. The molecule has 4 N–H and O–H groups in total. The summed E-state index contributed by atoms with van der Waals surface area (Å²) in [5, 5.41) is 41.5. The highest BCUT2D eigenvalue weighted by Crippen LogP contribution is 2.53. The number of quaternary nitrogens is 1. The second kappa shape index (κ2) is 7.69. The van der Waals surface area contributed by atoms with Crippen LogP contribution >= 0.6 is 11.6 Å². The molecule has 2 fully saturated rings. The van der Waals surface area contributed by atoms with E-state index in [-0.39, 0.29) is 13.1 Å². The first-order valence-corrected chi connectivity index (χ1v) is 10.7. The lowest BCUT2D eigenvalue weighted by Gasteiger charge is -2.46. The number of carbonyl (C=O) groups is 1. The number of halogens is 1. The van der Waals surface area contributed by atoms with Crippen molar-refractivity contribution in [1.29, 1.82) is 0 Å². The molecular weight excluding hydrogens is 439 g/mol. The Hall–Kier alpha value is -2.20. The third kappa shape index (κ3) is 3.30. The predicted octanol–water partition coefficient (Wildman–Crippen LogP) is 1.67. The topological polar surface area (TPSA) is 116 Å². The minimum absolute atomic E-state index is 0.0651. The quantitative estimate of drug-likeness (QED) is 0.393. The number of aliphatic hydroxyl groups is 3. The second-order valence-electron chi connectivity index (χ2n) is 8.69. The zero-order valence-corrected chi connectivity index (χ0v) is 17.6. The fourth-order valence-corrected chi connectivity index (χ4v) is 5.42. The van der Waals surface area contributed by atoms with Crippen LogP contribution in [-0.2, 0) is 9.53 Å². The number of benzene rings is 2. The van der Waals surface area contributed by atoms with Gasteiger partial charge in [-0.25, -0.2) is 4.79 Å². The van der Waals surface area contributed by atoms with E-state index in [4.69, 9.17) is 25.2 Å². The van der Waals surface area contributed by atoms with Crippen molar-refractivity contribution >= 4 is 17.6 Å². The second-order valence-corrected chi connectivity index (χ2v) is 9.13. The molecule has 32 heavy (non-hydrogen) atoms. The average Bonchev–Trinajstić information content (AvgIpc) is 3.15. The van der Waals surface area contributed by atoms with E-state index in [0.717, 1.165) is 5.56 Å². The molecule has 8 nitrogen and oxygen atoms in total. The van der Waals surface area contributed by atoms with E-state index in [0.29, 0.717) is 22.1 Å². The van der Waals surface area contributed by atoms with E-state index in [9.17, 15) is 25.2 Å². The zero-order valence-electron chi connectivity index (χ0n) is 19.8. The average molecular weight is 467 g/mol. The summed E-state index contributed by atoms with van der Waals surface area (Å²) in [6, 6.07) is 12.4. The van der Waals surface area contributed by atoms with Crippen molar-refractivity contribution in [3.05, 3.63) is 58.6 Å². The summed E-state index contributed by atoms with van der Waals surface area (Å²) < 4.78 is 36.3. The maximum atomic E-state index is 11.7. The first kappa shape index (κ1) is 18.3. The van der Waals surface area contributed by atoms with Gasteiger partial charge in [-0.15, -0.1) is 0 Å². The van der Waals surface area contributed by atoms with Crippen LogP contribution < -0.4 is 4.74 Å². The van der Waals surface area contributed by atoms with Gasteiger partial charge in [-0.3, -0.25) is 4.48 Å². The molecule has 0 amide bonds. The summed E-state index contributed by atoms with van der Waals surface area (Å²) in [5.41, 5.74) is 1.44. The predicted molar refractivity (Wildman–Crippen MR) is 114 cm³/mol. The van der Waals surface area contributed by atoms with Gasteiger partial charge in [0.25, 0.3) is 0 Å². The van der Waals surface area contributed by atoms with Crippen LogP contribution in [0.5, 0.6) is 11.5 Å². The highest BCUT2D eigenvalue weighted by molar-refractivity contribution is 6.30. The molecule has 3 heterocycles. The lowest BCUT2D eigenvalue weighted by atomic mass is 9.84. The lowest BCUT2D eigenvalue weighted by Crippen LogP contribution is -2.68. The van der Waals surface area contributed by atoms with Crippen LogP contribution in [0.3, 0.4) is 0 Å². The largest absolute Gasteiger partial charge is 0.479 e. The zero-order chi connectivity index (χ0) is 25.3. The van der Waals surface area contributed by atoms with Crippen molar-refractivity contribution in [2.45, 2.75) is 42.5 Å². The summed E-state index contributed by atoms with van der Waals surface area (Å²) in [6.45, 7) is -2.91. The standard InChI is InChI=1S/C23H24ClNO7/c1-25(22-20(28)18(26)19(27)21(32-22)23(29)30)9-14-12-4-2-3-5-16(12)31-17-7-6-11(24)8-13(17)15(14)10-25/h2-8,14-15,18-22,26-28H,9-10H2,1H3/p+1/t14-,15-,18-,19-,20+,21-,22+,25?/m0/s1/i1+1D3. The van der Waals surface area contributed by atoms with Gasteiger partial charge < -0.3 is 29.9 Å². The number of nitrogens with zero attached hydrogens (tertiary/aromatic N) is 1. The van der Waals surface area contributed by atoms with Crippen molar-refractivity contribution in [2.24, 2.45) is 0 Å². The van der Waals surface area contributed by atoms with E-state index in [1.807, 2.05) is 12.1 Å². The number of carboxylic acids is 1. The number of hydrogen-bond acceptors (Lipinski definition) is 6. The number of para-hydroxylation sites is 1. The van der Waals surface area contributed by atoms with Crippen molar-refractivity contribution in [3.8, 4) is 11.5 Å². The number of likely N-dealkylation sites (tertiary alicyclic amines) is 1. The van der Waals surface area contributed by atoms with Crippen LogP contribution in [0.2, 0.25) is 5.02 Å². The van der Waals surface area contributed by atoms with Gasteiger partial charge in [-0.1, -0.05) is 29.8 Å². The first-order valence-electron chi connectivity index (χ1n) is 11.8. The number of likely N-dealkylation sites (N-methyl/N-ethyl adjacent to an activating group) is 1. The molecule has 0 spiro atoms. The highest BCUT2D eigenvalue weighted by Gasteiger charge is 2.58. The van der Waals surface area contributed by atoms with Crippen LogP contribution in [0.15, 0.2) is 42.5 Å². The molecule has 3 aliphatic rings. The molecule has 0 radical (unpaired) electrons. The van der Waals surface area contributed by atoms with Crippen molar-refractivity contribution in [1.82, 2.24) is 0 Å². The molecule has 1 unspecified atom stereocenters. The minimum atomic E-state index is -2.77. The van der Waals surface area contributed by atoms with Gasteiger partial charge in [0, 0.05) is 28.0 Å². The Balaban J connectivity index is 1.67. The Kier molecular flexibility index (Phi) is 4.39. The van der Waals surface area contributed by atoms with Gasteiger partial charge in [0.1, 0.15) is 23.7 Å². The summed E-state index contributed by atoms with van der Waals surface area (Å²) in [5.74, 6) is -1.34. The summed E-state index contributed by atoms with van der Waals surface area (Å²) >= 11 is 6.29. The molecule has 2 aromatic carbocycles. The summed E-state index contributed by atoms with van der Waals surface area (Å²) in [7, 11) is 0. The molecule has 0 bridgehead atoms. The van der Waals surface area contributed by atoms with Crippen molar-refractivity contribution in [3.63, 3.8) is 0 Å². The number of ether oxygens (including phenoxy) is 2. The molecule has 0 aliphatic carbocycles. The molecule has 0 aromatic heterocycles. The van der Waals surface area contributed by atoms with Crippen LogP contribution in [0.4, 0.5) is 0 Å². The Labute approximate surface area is 194 Å². The minimum Gasteiger partial charge on any atom is -0.479 e. The van der Waals surface area contributed by atoms with Gasteiger partial charge in [-0.2, -0.15) is 0 Å². The van der Waals surface area contributed by atoms with Gasteiger partial charge in [-0.05, 0) is 24.3 Å².